The Morgan fingerprint density at radius 3 is 2.44 bits per heavy atom. The molecule has 0 unspecified atom stereocenters. The molecule has 27 heavy (non-hydrogen) atoms. The first-order chi connectivity index (χ1) is 12.8. The summed E-state index contributed by atoms with van der Waals surface area (Å²) >= 11 is 6.04. The second-order valence-corrected chi connectivity index (χ2v) is 8.90. The molecule has 1 saturated heterocycles. The lowest BCUT2D eigenvalue weighted by Crippen LogP contribution is -2.28. The number of hydrogen-bond acceptors (Lipinski definition) is 4. The highest BCUT2D eigenvalue weighted by molar-refractivity contribution is 7.90. The van der Waals surface area contributed by atoms with Crippen molar-refractivity contribution in [3.8, 4) is 0 Å². The number of likely N-dealkylation sites (tertiary alicyclic amines) is 1. The predicted octanol–water partition coefficient (Wildman–Crippen LogP) is 3.23. The van der Waals surface area contributed by atoms with Gasteiger partial charge in [0.15, 0.2) is 9.84 Å². The quantitative estimate of drug-likeness (QED) is 0.844. The third-order valence-electron chi connectivity index (χ3n) is 4.38. The number of sulfone groups is 1. The van der Waals surface area contributed by atoms with Crippen LogP contribution in [0, 0.1) is 0 Å². The van der Waals surface area contributed by atoms with Gasteiger partial charge in [0.1, 0.15) is 0 Å². The number of halogens is 1. The number of benzene rings is 2. The molecule has 1 aliphatic heterocycles. The maximum Gasteiger partial charge on any atom is 0.255 e. The standard InChI is InChI=1S/C19H19ClN2O4S/c1-27(25,26)15-6-4-5-13(11-15)18(23)21-17-12-14(20)7-8-16(17)19(24)22-9-2-3-10-22/h4-8,11-12H,2-3,9-10H2,1H3,(H,21,23). The summed E-state index contributed by atoms with van der Waals surface area (Å²) in [6, 6.07) is 10.4. The average molecular weight is 407 g/mol. The highest BCUT2D eigenvalue weighted by Crippen LogP contribution is 2.25. The van der Waals surface area contributed by atoms with Crippen LogP contribution in [0.25, 0.3) is 0 Å². The average Bonchev–Trinajstić information content (AvgIpc) is 3.15. The van der Waals surface area contributed by atoms with Crippen molar-refractivity contribution in [2.75, 3.05) is 24.7 Å². The van der Waals surface area contributed by atoms with E-state index >= 15 is 0 Å². The Kier molecular flexibility index (Phi) is 5.53. The van der Waals surface area contributed by atoms with Crippen molar-refractivity contribution in [1.82, 2.24) is 4.90 Å². The maximum absolute atomic E-state index is 12.7. The van der Waals surface area contributed by atoms with E-state index < -0.39 is 15.7 Å². The highest BCUT2D eigenvalue weighted by atomic mass is 35.5. The van der Waals surface area contributed by atoms with Crippen LogP contribution in [0.4, 0.5) is 5.69 Å². The van der Waals surface area contributed by atoms with Crippen molar-refractivity contribution >= 4 is 38.9 Å². The Hall–Kier alpha value is -2.38. The summed E-state index contributed by atoms with van der Waals surface area (Å²) in [5.74, 6) is -0.678. The lowest BCUT2D eigenvalue weighted by atomic mass is 10.1. The maximum atomic E-state index is 12.7. The van der Waals surface area contributed by atoms with Crippen LogP contribution in [0.5, 0.6) is 0 Å². The predicted molar refractivity (Wildman–Crippen MR) is 104 cm³/mol. The molecule has 2 amide bonds. The summed E-state index contributed by atoms with van der Waals surface area (Å²) in [4.78, 5) is 27.2. The van der Waals surface area contributed by atoms with Crippen LogP contribution in [-0.2, 0) is 9.84 Å². The minimum Gasteiger partial charge on any atom is -0.339 e. The molecule has 2 aromatic rings. The fourth-order valence-corrected chi connectivity index (χ4v) is 3.80. The van der Waals surface area contributed by atoms with Crippen molar-refractivity contribution in [2.24, 2.45) is 0 Å². The molecule has 1 aliphatic rings. The molecule has 0 aromatic heterocycles. The van der Waals surface area contributed by atoms with Gasteiger partial charge in [-0.05, 0) is 49.2 Å². The van der Waals surface area contributed by atoms with Gasteiger partial charge in [-0.1, -0.05) is 17.7 Å². The fraction of sp³-hybridized carbons (Fsp3) is 0.263. The summed E-state index contributed by atoms with van der Waals surface area (Å²) in [6.07, 6.45) is 2.99. The van der Waals surface area contributed by atoms with Gasteiger partial charge >= 0.3 is 0 Å². The molecule has 6 nitrogen and oxygen atoms in total. The first-order valence-electron chi connectivity index (χ1n) is 8.46. The highest BCUT2D eigenvalue weighted by Gasteiger charge is 2.23. The van der Waals surface area contributed by atoms with Crippen molar-refractivity contribution in [1.29, 1.82) is 0 Å². The van der Waals surface area contributed by atoms with Crippen molar-refractivity contribution < 1.29 is 18.0 Å². The zero-order chi connectivity index (χ0) is 19.6. The number of anilines is 1. The van der Waals surface area contributed by atoms with Gasteiger partial charge in [0, 0.05) is 29.9 Å². The van der Waals surface area contributed by atoms with E-state index in [1.54, 1.807) is 17.0 Å². The SMILES string of the molecule is CS(=O)(=O)c1cccc(C(=O)Nc2cc(Cl)ccc2C(=O)N2CCCC2)c1. The Balaban J connectivity index is 1.90. The minimum absolute atomic E-state index is 0.0506. The Labute approximate surface area is 163 Å². The first kappa shape index (κ1) is 19.4. The Morgan fingerprint density at radius 1 is 1.07 bits per heavy atom. The van der Waals surface area contributed by atoms with Gasteiger partial charge in [0.2, 0.25) is 0 Å². The van der Waals surface area contributed by atoms with Gasteiger partial charge in [-0.25, -0.2) is 8.42 Å². The van der Waals surface area contributed by atoms with Crippen molar-refractivity contribution in [3.05, 3.63) is 58.6 Å². The Morgan fingerprint density at radius 2 is 1.78 bits per heavy atom. The third kappa shape index (κ3) is 4.48. The van der Waals surface area contributed by atoms with Crippen LogP contribution in [0.2, 0.25) is 5.02 Å². The topological polar surface area (TPSA) is 83.5 Å². The monoisotopic (exact) mass is 406 g/mol. The van der Waals surface area contributed by atoms with E-state index in [1.807, 2.05) is 0 Å². The summed E-state index contributed by atoms with van der Waals surface area (Å²) in [6.45, 7) is 1.37. The normalized spacial score (nSPS) is 14.2. The molecule has 0 radical (unpaired) electrons. The number of nitrogens with zero attached hydrogens (tertiary/aromatic N) is 1. The molecule has 2 aromatic carbocycles. The van der Waals surface area contributed by atoms with E-state index in [0.29, 0.717) is 29.4 Å². The molecular formula is C19H19ClN2O4S. The number of rotatable bonds is 4. The lowest BCUT2D eigenvalue weighted by molar-refractivity contribution is 0.0794. The van der Waals surface area contributed by atoms with Gasteiger partial charge in [-0.3, -0.25) is 9.59 Å². The number of nitrogens with one attached hydrogen (secondary N) is 1. The van der Waals surface area contributed by atoms with Crippen LogP contribution in [-0.4, -0.2) is 44.5 Å². The number of hydrogen-bond donors (Lipinski definition) is 1. The number of carbonyl (C=O) groups excluding carboxylic acids is 2. The smallest absolute Gasteiger partial charge is 0.255 e. The second kappa shape index (κ2) is 7.70. The van der Waals surface area contributed by atoms with Crippen LogP contribution in [0.3, 0.4) is 0 Å². The van der Waals surface area contributed by atoms with Gasteiger partial charge in [0.25, 0.3) is 11.8 Å². The molecule has 0 bridgehead atoms. The van der Waals surface area contributed by atoms with E-state index in [9.17, 15) is 18.0 Å². The molecular weight excluding hydrogens is 388 g/mol. The summed E-state index contributed by atoms with van der Waals surface area (Å²) in [5, 5.41) is 3.07. The first-order valence-corrected chi connectivity index (χ1v) is 10.7. The van der Waals surface area contributed by atoms with Crippen LogP contribution >= 0.6 is 11.6 Å². The van der Waals surface area contributed by atoms with Gasteiger partial charge in [-0.15, -0.1) is 0 Å². The Bertz CT molecular complexity index is 999. The molecule has 142 valence electrons. The van der Waals surface area contributed by atoms with Crippen molar-refractivity contribution in [2.45, 2.75) is 17.7 Å². The van der Waals surface area contributed by atoms with Gasteiger partial charge < -0.3 is 10.2 Å². The lowest BCUT2D eigenvalue weighted by Gasteiger charge is -2.18. The zero-order valence-electron chi connectivity index (χ0n) is 14.7. The van der Waals surface area contributed by atoms with E-state index in [2.05, 4.69) is 5.32 Å². The largest absolute Gasteiger partial charge is 0.339 e. The van der Waals surface area contributed by atoms with Crippen LogP contribution < -0.4 is 5.32 Å². The van der Waals surface area contributed by atoms with E-state index in [0.717, 1.165) is 19.1 Å². The molecule has 0 spiro atoms. The van der Waals surface area contributed by atoms with Gasteiger partial charge in [-0.2, -0.15) is 0 Å². The minimum atomic E-state index is -3.43. The third-order valence-corrected chi connectivity index (χ3v) is 5.72. The number of amides is 2. The molecule has 3 rings (SSSR count). The molecule has 1 fully saturated rings. The summed E-state index contributed by atoms with van der Waals surface area (Å²) < 4.78 is 23.4. The van der Waals surface area contributed by atoms with Crippen LogP contribution in [0.1, 0.15) is 33.6 Å². The van der Waals surface area contributed by atoms with Crippen LogP contribution in [0.15, 0.2) is 47.4 Å². The van der Waals surface area contributed by atoms with E-state index in [-0.39, 0.29) is 16.4 Å². The molecule has 1 N–H and O–H groups in total. The second-order valence-electron chi connectivity index (χ2n) is 6.44. The zero-order valence-corrected chi connectivity index (χ0v) is 16.3. The molecule has 1 heterocycles. The van der Waals surface area contributed by atoms with Crippen molar-refractivity contribution in [3.63, 3.8) is 0 Å². The molecule has 8 heteroatoms. The molecule has 0 atom stereocenters. The number of carbonyl (C=O) groups is 2. The molecule has 0 aliphatic carbocycles. The fourth-order valence-electron chi connectivity index (χ4n) is 2.96. The van der Waals surface area contributed by atoms with E-state index in [1.165, 1.54) is 30.3 Å². The molecule has 0 saturated carbocycles. The summed E-state index contributed by atoms with van der Waals surface area (Å²) in [5.41, 5.74) is 0.834. The van der Waals surface area contributed by atoms with E-state index in [4.69, 9.17) is 11.6 Å². The summed E-state index contributed by atoms with van der Waals surface area (Å²) in [7, 11) is -3.43. The van der Waals surface area contributed by atoms with Gasteiger partial charge in [0.05, 0.1) is 16.1 Å².